The summed E-state index contributed by atoms with van der Waals surface area (Å²) < 4.78 is 5.28. The van der Waals surface area contributed by atoms with E-state index in [-0.39, 0.29) is 18.5 Å². The number of carbonyl (C=O) groups is 1. The topological polar surface area (TPSA) is 50.4 Å². The van der Waals surface area contributed by atoms with Gasteiger partial charge in [-0.2, -0.15) is 0 Å². The summed E-state index contributed by atoms with van der Waals surface area (Å²) in [5.41, 5.74) is 3.94. The molecule has 1 atom stereocenters. The van der Waals surface area contributed by atoms with E-state index in [1.54, 1.807) is 25.3 Å². The van der Waals surface area contributed by atoms with Gasteiger partial charge in [0.05, 0.1) is 25.4 Å². The van der Waals surface area contributed by atoms with Crippen LogP contribution < -0.4 is 15.4 Å². The van der Waals surface area contributed by atoms with Gasteiger partial charge in [0.25, 0.3) is 0 Å². The Labute approximate surface area is 170 Å². The van der Waals surface area contributed by atoms with Crippen molar-refractivity contribution in [3.05, 3.63) is 94.5 Å². The quantitative estimate of drug-likeness (QED) is 0.594. The Hall–Kier alpha value is -2.82. The third kappa shape index (κ3) is 5.12. The van der Waals surface area contributed by atoms with Crippen LogP contribution in [0.1, 0.15) is 22.7 Å². The summed E-state index contributed by atoms with van der Waals surface area (Å²) in [7, 11) is 1.56. The summed E-state index contributed by atoms with van der Waals surface area (Å²) >= 11 is 6.04. The number of hydrogen-bond acceptors (Lipinski definition) is 3. The van der Waals surface area contributed by atoms with Gasteiger partial charge in [0, 0.05) is 5.02 Å². The Kier molecular flexibility index (Phi) is 6.69. The van der Waals surface area contributed by atoms with Crippen molar-refractivity contribution in [2.45, 2.75) is 13.0 Å². The van der Waals surface area contributed by atoms with Crippen LogP contribution in [0.15, 0.2) is 72.8 Å². The Balaban J connectivity index is 1.74. The maximum Gasteiger partial charge on any atom is 0.238 e. The van der Waals surface area contributed by atoms with Crippen LogP contribution in [0.4, 0.5) is 5.69 Å². The van der Waals surface area contributed by atoms with Crippen LogP contribution in [0.5, 0.6) is 5.75 Å². The van der Waals surface area contributed by atoms with Gasteiger partial charge in [0.15, 0.2) is 0 Å². The fraction of sp³-hybridized carbons (Fsp3) is 0.174. The monoisotopic (exact) mass is 394 g/mol. The lowest BCUT2D eigenvalue weighted by molar-refractivity contribution is -0.115. The van der Waals surface area contributed by atoms with Gasteiger partial charge in [0.2, 0.25) is 5.91 Å². The highest BCUT2D eigenvalue weighted by molar-refractivity contribution is 6.31. The molecule has 0 fully saturated rings. The van der Waals surface area contributed by atoms with Crippen molar-refractivity contribution in [2.75, 3.05) is 19.0 Å². The molecule has 0 aliphatic heterocycles. The predicted octanol–water partition coefficient (Wildman–Crippen LogP) is 4.97. The molecule has 0 unspecified atom stereocenters. The summed E-state index contributed by atoms with van der Waals surface area (Å²) in [6.07, 6.45) is 0. The molecule has 0 spiro atoms. The number of carbonyl (C=O) groups excluding carboxylic acids is 1. The normalized spacial score (nSPS) is 11.7. The lowest BCUT2D eigenvalue weighted by Gasteiger charge is -2.20. The minimum absolute atomic E-state index is 0.0891. The van der Waals surface area contributed by atoms with Crippen LogP contribution >= 0.6 is 11.6 Å². The van der Waals surface area contributed by atoms with Crippen molar-refractivity contribution in [1.82, 2.24) is 5.32 Å². The Morgan fingerprint density at radius 2 is 1.68 bits per heavy atom. The summed E-state index contributed by atoms with van der Waals surface area (Å²) in [6, 6.07) is 23.4. The Morgan fingerprint density at radius 3 is 2.36 bits per heavy atom. The molecule has 0 aromatic heterocycles. The zero-order chi connectivity index (χ0) is 19.9. The minimum Gasteiger partial charge on any atom is -0.495 e. The molecule has 5 heteroatoms. The molecule has 0 saturated heterocycles. The van der Waals surface area contributed by atoms with Crippen molar-refractivity contribution >= 4 is 23.2 Å². The zero-order valence-corrected chi connectivity index (χ0v) is 16.7. The third-order valence-electron chi connectivity index (χ3n) is 4.45. The van der Waals surface area contributed by atoms with Crippen molar-refractivity contribution in [2.24, 2.45) is 0 Å². The average molecular weight is 395 g/mol. The van der Waals surface area contributed by atoms with Crippen LogP contribution in [-0.2, 0) is 4.79 Å². The van der Waals surface area contributed by atoms with E-state index in [1.807, 2.05) is 18.2 Å². The van der Waals surface area contributed by atoms with Gasteiger partial charge >= 0.3 is 0 Å². The van der Waals surface area contributed by atoms with Crippen molar-refractivity contribution in [1.29, 1.82) is 0 Å². The molecule has 3 aromatic carbocycles. The molecule has 0 bridgehead atoms. The molecule has 4 nitrogen and oxygen atoms in total. The van der Waals surface area contributed by atoms with Crippen LogP contribution in [0.3, 0.4) is 0 Å². The Morgan fingerprint density at radius 1 is 1.00 bits per heavy atom. The van der Waals surface area contributed by atoms with E-state index in [2.05, 4.69) is 54.0 Å². The van der Waals surface area contributed by atoms with Gasteiger partial charge in [0.1, 0.15) is 5.75 Å². The molecule has 0 heterocycles. The highest BCUT2D eigenvalue weighted by Crippen LogP contribution is 2.27. The number of hydrogen-bond donors (Lipinski definition) is 2. The van der Waals surface area contributed by atoms with Crippen molar-refractivity contribution in [3.63, 3.8) is 0 Å². The van der Waals surface area contributed by atoms with Gasteiger partial charge < -0.3 is 10.1 Å². The average Bonchev–Trinajstić information content (AvgIpc) is 2.70. The smallest absolute Gasteiger partial charge is 0.238 e. The van der Waals surface area contributed by atoms with E-state index in [0.29, 0.717) is 16.5 Å². The number of amides is 1. The van der Waals surface area contributed by atoms with E-state index in [1.165, 1.54) is 5.56 Å². The Bertz CT molecular complexity index is 927. The summed E-state index contributed by atoms with van der Waals surface area (Å²) in [5, 5.41) is 6.75. The molecule has 3 aromatic rings. The first-order valence-electron chi connectivity index (χ1n) is 9.05. The molecule has 3 rings (SSSR count). The van der Waals surface area contributed by atoms with Gasteiger partial charge in [-0.15, -0.1) is 0 Å². The number of methoxy groups -OCH3 is 1. The number of aryl methyl sites for hydroxylation is 1. The number of benzene rings is 3. The van der Waals surface area contributed by atoms with Gasteiger partial charge in [-0.05, 0) is 36.2 Å². The highest BCUT2D eigenvalue weighted by Gasteiger charge is 2.16. The molecule has 28 heavy (non-hydrogen) atoms. The van der Waals surface area contributed by atoms with Crippen molar-refractivity contribution in [3.8, 4) is 5.75 Å². The lowest BCUT2D eigenvalue weighted by Crippen LogP contribution is -2.32. The summed E-state index contributed by atoms with van der Waals surface area (Å²) in [6.45, 7) is 2.20. The van der Waals surface area contributed by atoms with Crippen LogP contribution in [0.25, 0.3) is 0 Å². The molecule has 144 valence electrons. The molecule has 2 N–H and O–H groups in total. The van der Waals surface area contributed by atoms with E-state index in [4.69, 9.17) is 16.3 Å². The molecule has 0 saturated carbocycles. The van der Waals surface area contributed by atoms with Crippen LogP contribution in [-0.4, -0.2) is 19.6 Å². The minimum atomic E-state index is -0.173. The number of ether oxygens (including phenoxy) is 1. The molecule has 1 amide bonds. The van der Waals surface area contributed by atoms with E-state index in [0.717, 1.165) is 11.1 Å². The van der Waals surface area contributed by atoms with Crippen LogP contribution in [0, 0.1) is 6.92 Å². The lowest BCUT2D eigenvalue weighted by atomic mass is 9.98. The number of halogens is 1. The van der Waals surface area contributed by atoms with E-state index < -0.39 is 0 Å². The fourth-order valence-electron chi connectivity index (χ4n) is 3.00. The second-order valence-corrected chi connectivity index (χ2v) is 6.96. The SMILES string of the molecule is COc1ccc(Cl)cc1NC(=O)CN[C@H](c1ccccc1)c1ccc(C)cc1. The first kappa shape index (κ1) is 19.9. The summed E-state index contributed by atoms with van der Waals surface area (Å²) in [5.74, 6) is 0.393. The number of nitrogens with one attached hydrogen (secondary N) is 2. The van der Waals surface area contributed by atoms with E-state index in [9.17, 15) is 4.79 Å². The van der Waals surface area contributed by atoms with Crippen LogP contribution in [0.2, 0.25) is 5.02 Å². The first-order chi connectivity index (χ1) is 13.6. The maximum absolute atomic E-state index is 12.5. The standard InChI is InChI=1S/C23H23ClN2O2/c1-16-8-10-18(11-9-16)23(17-6-4-3-5-7-17)25-15-22(27)26-20-14-19(24)12-13-21(20)28-2/h3-14,23,25H,15H2,1-2H3,(H,26,27)/t23-/m1/s1. The van der Waals surface area contributed by atoms with Gasteiger partial charge in [-0.3, -0.25) is 10.1 Å². The molecule has 0 radical (unpaired) electrons. The number of anilines is 1. The van der Waals surface area contributed by atoms with Gasteiger partial charge in [-0.25, -0.2) is 0 Å². The number of rotatable bonds is 7. The largest absolute Gasteiger partial charge is 0.495 e. The molecular weight excluding hydrogens is 372 g/mol. The zero-order valence-electron chi connectivity index (χ0n) is 15.9. The molecule has 0 aliphatic carbocycles. The predicted molar refractivity (Wildman–Crippen MR) is 114 cm³/mol. The first-order valence-corrected chi connectivity index (χ1v) is 9.43. The highest BCUT2D eigenvalue weighted by atomic mass is 35.5. The second-order valence-electron chi connectivity index (χ2n) is 6.53. The maximum atomic E-state index is 12.5. The molecular formula is C23H23ClN2O2. The van der Waals surface area contributed by atoms with E-state index >= 15 is 0 Å². The molecule has 0 aliphatic rings. The second kappa shape index (κ2) is 9.40. The van der Waals surface area contributed by atoms with Crippen molar-refractivity contribution < 1.29 is 9.53 Å². The summed E-state index contributed by atoms with van der Waals surface area (Å²) in [4.78, 5) is 12.5. The van der Waals surface area contributed by atoms with Gasteiger partial charge in [-0.1, -0.05) is 71.8 Å². The fourth-order valence-corrected chi connectivity index (χ4v) is 3.17. The third-order valence-corrected chi connectivity index (χ3v) is 4.68.